The summed E-state index contributed by atoms with van der Waals surface area (Å²) >= 11 is 0. The molecule has 0 amide bonds. The summed E-state index contributed by atoms with van der Waals surface area (Å²) in [5, 5.41) is 19.4. The Morgan fingerprint density at radius 3 is 1.43 bits per heavy atom. The van der Waals surface area contributed by atoms with E-state index in [0.717, 1.165) is 44.2 Å². The number of carbonyl (C=O) groups is 1. The maximum Gasteiger partial charge on any atom is 1.00 e. The second-order valence-corrected chi connectivity index (χ2v) is 17.5. The van der Waals surface area contributed by atoms with E-state index in [2.05, 4.69) is 4.89 Å². The number of aryl methyl sites for hydroxylation is 2. The molecule has 2 aromatic heterocycles. The van der Waals surface area contributed by atoms with E-state index >= 15 is 0 Å². The molecule has 69 heavy (non-hydrogen) atoms. The first-order valence-corrected chi connectivity index (χ1v) is 23.2. The largest absolute Gasteiger partial charge is 1.00 e. The zero-order chi connectivity index (χ0) is 48.4. The fraction of sp³-hybridized carbons (Fsp3) is 0.140. The molecule has 2 heterocycles. The smallest absolute Gasteiger partial charge is 1.00 e. The van der Waals surface area contributed by atoms with Crippen molar-refractivity contribution in [3.8, 4) is 33.8 Å². The van der Waals surface area contributed by atoms with Crippen LogP contribution in [-0.2, 0) is 38.3 Å². The average Bonchev–Trinajstić information content (AvgIpc) is 3.33. The predicted octanol–water partition coefficient (Wildman–Crippen LogP) is 2.38. The minimum atomic E-state index is -3.85. The fourth-order valence-electron chi connectivity index (χ4n) is 6.14. The van der Waals surface area contributed by atoms with Crippen molar-refractivity contribution >= 4 is 48.6 Å². The van der Waals surface area contributed by atoms with Crippen LogP contribution in [0.4, 0.5) is 0 Å². The molecule has 0 aliphatic rings. The van der Waals surface area contributed by atoms with Gasteiger partial charge in [-0.25, -0.2) is 9.59 Å². The van der Waals surface area contributed by atoms with Crippen molar-refractivity contribution in [1.29, 1.82) is 0 Å². The number of rotatable bonds is 13. The van der Waals surface area contributed by atoms with Gasteiger partial charge in [0, 0.05) is 35.0 Å². The van der Waals surface area contributed by atoms with Gasteiger partial charge in [0.25, 0.3) is 26.7 Å². The first kappa shape index (κ1) is 60.0. The molecule has 0 aliphatic carbocycles. The molecule has 0 saturated carbocycles. The van der Waals surface area contributed by atoms with Crippen LogP contribution in [0.15, 0.2) is 186 Å². The van der Waals surface area contributed by atoms with E-state index in [1.165, 1.54) is 30.3 Å². The molecule has 0 fully saturated rings. The standard InChI is InChI=1S/C24H20O6S.C15H10O3.C10H14O3S.CH2O3.2Cs.H/c1-17-7-10-20(11-8-17)31(26,27)29-14-13-28-19-9-12-21-22(18-5-3-2-4-6-18)16-24(25)30-23(21)15-19;16-11-6-7-12-13(10-4-2-1-3-5-10)9-15(17)18-14(12)8-11;1-3-8-13-14(11,12)10-6-4-9(2)5-7-10;2-1-4-3;;;/h2-12,15-16H,13-14H2,1H3;1-9,16H;4-7H,3,8H2,1-2H3;1,3H;;;/q;;;;2*+1;-1/p-1. The van der Waals surface area contributed by atoms with Crippen LogP contribution in [0.2, 0.25) is 0 Å². The number of fused-ring (bicyclic) bond motifs is 2. The Hall–Kier alpha value is -3.31. The van der Waals surface area contributed by atoms with E-state index in [1.807, 2.05) is 81.4 Å². The van der Waals surface area contributed by atoms with E-state index in [0.29, 0.717) is 23.3 Å². The zero-order valence-electron chi connectivity index (χ0n) is 39.4. The molecule has 0 radical (unpaired) electrons. The second kappa shape index (κ2) is 29.9. The summed E-state index contributed by atoms with van der Waals surface area (Å²) in [5.41, 5.74) is 5.30. The summed E-state index contributed by atoms with van der Waals surface area (Å²) < 4.78 is 73.2. The molecule has 15 nitrogen and oxygen atoms in total. The van der Waals surface area contributed by atoms with E-state index in [1.54, 1.807) is 66.7 Å². The van der Waals surface area contributed by atoms with Gasteiger partial charge in [0.15, 0.2) is 0 Å². The van der Waals surface area contributed by atoms with Crippen LogP contribution in [0.3, 0.4) is 0 Å². The van der Waals surface area contributed by atoms with Gasteiger partial charge in [0.05, 0.1) is 16.4 Å². The Morgan fingerprint density at radius 2 is 1.00 bits per heavy atom. The first-order chi connectivity index (χ1) is 32.1. The van der Waals surface area contributed by atoms with Crippen molar-refractivity contribution in [3.05, 3.63) is 190 Å². The summed E-state index contributed by atoms with van der Waals surface area (Å²) in [5.74, 6) is 0.521. The monoisotopic (exact) mass is 1220 g/mol. The van der Waals surface area contributed by atoms with Crippen LogP contribution < -0.4 is 159 Å². The molecular formula is C50H46Cs2O15S2. The summed E-state index contributed by atoms with van der Waals surface area (Å²) in [7, 11) is -7.39. The third kappa shape index (κ3) is 18.7. The molecule has 350 valence electrons. The van der Waals surface area contributed by atoms with Gasteiger partial charge in [-0.05, 0) is 91.1 Å². The van der Waals surface area contributed by atoms with Gasteiger partial charge < -0.3 is 30.2 Å². The molecule has 0 spiro atoms. The van der Waals surface area contributed by atoms with Crippen molar-refractivity contribution in [2.75, 3.05) is 19.8 Å². The second-order valence-electron chi connectivity index (χ2n) is 14.2. The van der Waals surface area contributed by atoms with Gasteiger partial charge in [-0.1, -0.05) is 103 Å². The van der Waals surface area contributed by atoms with Crippen molar-refractivity contribution in [2.24, 2.45) is 0 Å². The van der Waals surface area contributed by atoms with Gasteiger partial charge in [0.2, 0.25) is 0 Å². The Labute approximate surface area is 518 Å². The normalized spacial score (nSPS) is 10.6. The topological polar surface area (TPSA) is 226 Å². The SMILES string of the molecule is CCCOS(=O)(=O)c1ccc(C)cc1.Cc1ccc(S(=O)(=O)OCCOc2ccc3c(-c4ccccc4)cc(=O)oc3c2)cc1.O=CO[O-].O=c1cc(-c2ccccc2)c2ccc(O)cc2o1.[Cs+].[Cs+].[H-]. The fourth-order valence-corrected chi connectivity index (χ4v) is 8.02. The molecular weight excluding hydrogens is 1170 g/mol. The Bertz CT molecular complexity index is 3230. The third-order valence-corrected chi connectivity index (χ3v) is 12.0. The summed E-state index contributed by atoms with van der Waals surface area (Å²) in [6.07, 6.45) is 0.686. The molecule has 1 N–H and O–H groups in total. The number of carbonyl (C=O) groups excluding carboxylic acids is 1. The molecule has 0 unspecified atom stereocenters. The number of hydrogen-bond donors (Lipinski definition) is 1. The van der Waals surface area contributed by atoms with Crippen molar-refractivity contribution < 1.29 is 198 Å². The van der Waals surface area contributed by atoms with Gasteiger partial charge in [-0.2, -0.15) is 16.8 Å². The van der Waals surface area contributed by atoms with Crippen molar-refractivity contribution in [1.82, 2.24) is 0 Å². The third-order valence-electron chi connectivity index (χ3n) is 9.31. The molecule has 6 aromatic carbocycles. The maximum atomic E-state index is 12.2. The Balaban J connectivity index is 0.000000367. The van der Waals surface area contributed by atoms with E-state index in [9.17, 15) is 31.5 Å². The number of hydrogen-bond acceptors (Lipinski definition) is 15. The number of benzene rings is 6. The van der Waals surface area contributed by atoms with Crippen LogP contribution in [0, 0.1) is 13.8 Å². The van der Waals surface area contributed by atoms with E-state index < -0.39 is 31.5 Å². The van der Waals surface area contributed by atoms with Crippen LogP contribution in [0.1, 0.15) is 25.9 Å². The van der Waals surface area contributed by atoms with Gasteiger partial charge in [-0.3, -0.25) is 13.2 Å². The maximum absolute atomic E-state index is 12.2. The molecule has 0 bridgehead atoms. The van der Waals surface area contributed by atoms with Crippen molar-refractivity contribution in [2.45, 2.75) is 37.0 Å². The van der Waals surface area contributed by atoms with Gasteiger partial charge >= 0.3 is 149 Å². The number of aromatic hydroxyl groups is 1. The molecule has 8 rings (SSSR count). The minimum Gasteiger partial charge on any atom is -1.00 e. The predicted molar refractivity (Wildman–Crippen MR) is 250 cm³/mol. The quantitative estimate of drug-likeness (QED) is 0.0437. The van der Waals surface area contributed by atoms with Crippen LogP contribution >= 0.6 is 0 Å². The van der Waals surface area contributed by atoms with Crippen LogP contribution in [0.25, 0.3) is 44.2 Å². The van der Waals surface area contributed by atoms with Crippen LogP contribution in [0.5, 0.6) is 11.5 Å². The van der Waals surface area contributed by atoms with Crippen molar-refractivity contribution in [3.63, 3.8) is 0 Å². The van der Waals surface area contributed by atoms with Gasteiger partial charge in [-0.15, -0.1) is 0 Å². The Kier molecular flexibility index (Phi) is 26.0. The average molecular weight is 1220 g/mol. The summed E-state index contributed by atoms with van der Waals surface area (Å²) in [6, 6.07) is 45.0. The van der Waals surface area contributed by atoms with E-state index in [-0.39, 0.29) is 181 Å². The molecule has 8 aromatic rings. The van der Waals surface area contributed by atoms with Crippen LogP contribution in [-0.4, -0.2) is 48.2 Å². The summed E-state index contributed by atoms with van der Waals surface area (Å²) in [6.45, 7) is 5.56. The minimum absolute atomic E-state index is 0. The first-order valence-electron chi connectivity index (χ1n) is 20.4. The molecule has 19 heteroatoms. The van der Waals surface area contributed by atoms with E-state index in [4.69, 9.17) is 32.0 Å². The molecule has 0 saturated heterocycles. The number of phenolic OH excluding ortho intramolecular Hbond substituents is 1. The number of ether oxygens (including phenoxy) is 1. The number of phenols is 1. The summed E-state index contributed by atoms with van der Waals surface area (Å²) in [4.78, 5) is 35.1. The Morgan fingerprint density at radius 1 is 0.580 bits per heavy atom. The molecule has 0 atom stereocenters. The zero-order valence-corrected chi connectivity index (χ0v) is 52.6. The van der Waals surface area contributed by atoms with Gasteiger partial charge in [0.1, 0.15) is 35.9 Å². The molecule has 0 aliphatic heterocycles.